The molecule has 0 aliphatic carbocycles. The average Bonchev–Trinajstić information content (AvgIpc) is 3.15. The van der Waals surface area contributed by atoms with Crippen molar-refractivity contribution in [3.8, 4) is 0 Å². The van der Waals surface area contributed by atoms with E-state index in [1.54, 1.807) is 0 Å². The third kappa shape index (κ3) is 3.47. The number of carbonyl (C=O) groups excluding carboxylic acids is 1. The number of benzene rings is 2. The van der Waals surface area contributed by atoms with Crippen LogP contribution in [-0.4, -0.2) is 37.8 Å². The highest BCUT2D eigenvalue weighted by atomic mass is 16.3. The molecule has 2 aromatic carbocycles. The number of rotatable bonds is 6. The van der Waals surface area contributed by atoms with Crippen LogP contribution in [0.15, 0.2) is 67.0 Å². The van der Waals surface area contributed by atoms with Gasteiger partial charge in [-0.2, -0.15) is 0 Å². The molecule has 1 amide bonds. The van der Waals surface area contributed by atoms with E-state index in [0.717, 1.165) is 11.1 Å². The molecular weight excluding hydrogens is 306 g/mol. The second-order valence-corrected chi connectivity index (χ2v) is 5.26. The molecule has 3 aromatic rings. The van der Waals surface area contributed by atoms with Gasteiger partial charge in [-0.1, -0.05) is 60.7 Å². The van der Waals surface area contributed by atoms with Crippen LogP contribution in [0, 0.1) is 0 Å². The molecule has 1 aromatic heterocycles. The first-order valence-corrected chi connectivity index (χ1v) is 7.53. The summed E-state index contributed by atoms with van der Waals surface area (Å²) in [5.41, 5.74) is 1.59. The Labute approximate surface area is 138 Å². The van der Waals surface area contributed by atoms with Gasteiger partial charge in [0.15, 0.2) is 6.04 Å². The number of hydrogen-bond acceptors (Lipinski definition) is 5. The van der Waals surface area contributed by atoms with Crippen molar-refractivity contribution in [3.05, 3.63) is 78.1 Å². The lowest BCUT2D eigenvalue weighted by molar-refractivity contribution is -0.124. The van der Waals surface area contributed by atoms with Gasteiger partial charge in [-0.3, -0.25) is 4.79 Å². The van der Waals surface area contributed by atoms with Crippen molar-refractivity contribution in [2.75, 3.05) is 6.61 Å². The van der Waals surface area contributed by atoms with E-state index < -0.39 is 12.1 Å². The zero-order valence-corrected chi connectivity index (χ0v) is 12.9. The van der Waals surface area contributed by atoms with E-state index in [4.69, 9.17) is 0 Å². The number of tetrazole rings is 1. The topological polar surface area (TPSA) is 92.9 Å². The predicted octanol–water partition coefficient (Wildman–Crippen LogP) is 1.11. The lowest BCUT2D eigenvalue weighted by atomic mass is 10.0. The lowest BCUT2D eigenvalue weighted by Crippen LogP contribution is -2.37. The van der Waals surface area contributed by atoms with Gasteiger partial charge in [0.2, 0.25) is 5.91 Å². The quantitative estimate of drug-likeness (QED) is 0.709. The standard InChI is InChI=1S/C17H17N5O2/c23-11-15(13-7-3-1-4-8-13)19-17(24)16(22-12-18-20-21-22)14-9-5-2-6-10-14/h1-10,12,15-16,23H,11H2,(H,19,24)/t15-,16+/m1/s1. The van der Waals surface area contributed by atoms with Gasteiger partial charge in [0.1, 0.15) is 6.33 Å². The van der Waals surface area contributed by atoms with Crippen molar-refractivity contribution in [1.29, 1.82) is 0 Å². The van der Waals surface area contributed by atoms with E-state index in [0.29, 0.717) is 0 Å². The van der Waals surface area contributed by atoms with Crippen molar-refractivity contribution < 1.29 is 9.90 Å². The summed E-state index contributed by atoms with van der Waals surface area (Å²) in [6.45, 7) is -0.202. The van der Waals surface area contributed by atoms with Crippen molar-refractivity contribution in [2.45, 2.75) is 12.1 Å². The third-order valence-electron chi connectivity index (χ3n) is 3.69. The third-order valence-corrected chi connectivity index (χ3v) is 3.69. The van der Waals surface area contributed by atoms with Crippen LogP contribution in [0.1, 0.15) is 23.2 Å². The minimum Gasteiger partial charge on any atom is -0.394 e. The summed E-state index contributed by atoms with van der Waals surface area (Å²) in [5, 5.41) is 23.6. The van der Waals surface area contributed by atoms with Crippen LogP contribution >= 0.6 is 0 Å². The molecule has 0 saturated heterocycles. The molecule has 24 heavy (non-hydrogen) atoms. The molecule has 0 unspecified atom stereocenters. The molecule has 0 spiro atoms. The fraction of sp³-hybridized carbons (Fsp3) is 0.176. The largest absolute Gasteiger partial charge is 0.394 e. The number of hydrogen-bond donors (Lipinski definition) is 2. The average molecular weight is 323 g/mol. The van der Waals surface area contributed by atoms with Gasteiger partial charge in [0.05, 0.1) is 12.6 Å². The van der Waals surface area contributed by atoms with Gasteiger partial charge >= 0.3 is 0 Å². The molecule has 7 nitrogen and oxygen atoms in total. The number of aromatic nitrogens is 4. The number of aliphatic hydroxyl groups excluding tert-OH is 1. The first kappa shape index (κ1) is 15.8. The molecule has 2 atom stereocenters. The van der Waals surface area contributed by atoms with Gasteiger partial charge in [0, 0.05) is 0 Å². The summed E-state index contributed by atoms with van der Waals surface area (Å²) >= 11 is 0. The highest BCUT2D eigenvalue weighted by Gasteiger charge is 2.26. The number of amides is 1. The Morgan fingerprint density at radius 3 is 2.21 bits per heavy atom. The van der Waals surface area contributed by atoms with Crippen LogP contribution in [0.3, 0.4) is 0 Å². The molecule has 0 aliphatic heterocycles. The Balaban J connectivity index is 1.87. The summed E-state index contributed by atoms with van der Waals surface area (Å²) in [7, 11) is 0. The summed E-state index contributed by atoms with van der Waals surface area (Å²) in [4.78, 5) is 12.8. The Morgan fingerprint density at radius 1 is 1.04 bits per heavy atom. The second-order valence-electron chi connectivity index (χ2n) is 5.26. The highest BCUT2D eigenvalue weighted by molar-refractivity contribution is 5.83. The van der Waals surface area contributed by atoms with Crippen LogP contribution in [0.5, 0.6) is 0 Å². The molecule has 3 rings (SSSR count). The smallest absolute Gasteiger partial charge is 0.250 e. The molecule has 0 fully saturated rings. The minimum atomic E-state index is -0.709. The summed E-state index contributed by atoms with van der Waals surface area (Å²) in [6, 6.07) is 17.4. The number of aliphatic hydroxyl groups is 1. The fourth-order valence-corrected chi connectivity index (χ4v) is 2.52. The van der Waals surface area contributed by atoms with Crippen LogP contribution in [0.25, 0.3) is 0 Å². The van der Waals surface area contributed by atoms with E-state index in [-0.39, 0.29) is 12.5 Å². The Bertz CT molecular complexity index is 762. The van der Waals surface area contributed by atoms with Crippen molar-refractivity contribution >= 4 is 5.91 Å². The minimum absolute atomic E-state index is 0.202. The maximum absolute atomic E-state index is 12.8. The Hall–Kier alpha value is -3.06. The molecule has 7 heteroatoms. The summed E-state index contributed by atoms with van der Waals surface area (Å²) < 4.78 is 1.39. The summed E-state index contributed by atoms with van der Waals surface area (Å²) in [5.74, 6) is -0.295. The van der Waals surface area contributed by atoms with Crippen LogP contribution < -0.4 is 5.32 Å². The monoisotopic (exact) mass is 323 g/mol. The van der Waals surface area contributed by atoms with E-state index >= 15 is 0 Å². The van der Waals surface area contributed by atoms with Crippen molar-refractivity contribution in [1.82, 2.24) is 25.5 Å². The molecule has 122 valence electrons. The van der Waals surface area contributed by atoms with Crippen molar-refractivity contribution in [3.63, 3.8) is 0 Å². The zero-order valence-electron chi connectivity index (χ0n) is 12.9. The summed E-state index contributed by atoms with van der Waals surface area (Å²) in [6.07, 6.45) is 1.40. The first-order chi connectivity index (χ1) is 11.8. The van der Waals surface area contributed by atoms with Gasteiger partial charge in [0.25, 0.3) is 0 Å². The number of carbonyl (C=O) groups is 1. The van der Waals surface area contributed by atoms with E-state index in [1.807, 2.05) is 60.7 Å². The molecule has 2 N–H and O–H groups in total. The molecule has 0 saturated carbocycles. The van der Waals surface area contributed by atoms with E-state index in [2.05, 4.69) is 20.8 Å². The van der Waals surface area contributed by atoms with Crippen LogP contribution in [0.2, 0.25) is 0 Å². The molecule has 1 heterocycles. The van der Waals surface area contributed by atoms with Crippen LogP contribution in [0.4, 0.5) is 0 Å². The SMILES string of the molecule is O=C(N[C@H](CO)c1ccccc1)[C@H](c1ccccc1)n1cnnn1. The molecule has 0 aliphatic rings. The number of nitrogens with one attached hydrogen (secondary N) is 1. The predicted molar refractivity (Wildman–Crippen MR) is 86.8 cm³/mol. The highest BCUT2D eigenvalue weighted by Crippen LogP contribution is 2.19. The van der Waals surface area contributed by atoms with Gasteiger partial charge < -0.3 is 10.4 Å². The van der Waals surface area contributed by atoms with E-state index in [1.165, 1.54) is 11.0 Å². The Morgan fingerprint density at radius 2 is 1.67 bits per heavy atom. The molecule has 0 radical (unpaired) electrons. The van der Waals surface area contributed by atoms with Crippen molar-refractivity contribution in [2.24, 2.45) is 0 Å². The normalized spacial score (nSPS) is 13.2. The lowest BCUT2D eigenvalue weighted by Gasteiger charge is -2.21. The first-order valence-electron chi connectivity index (χ1n) is 7.53. The van der Waals surface area contributed by atoms with Gasteiger partial charge in [-0.05, 0) is 21.6 Å². The molecular formula is C17H17N5O2. The maximum Gasteiger partial charge on any atom is 0.250 e. The maximum atomic E-state index is 12.8. The number of nitrogens with zero attached hydrogens (tertiary/aromatic N) is 4. The van der Waals surface area contributed by atoms with Gasteiger partial charge in [-0.25, -0.2) is 4.68 Å². The van der Waals surface area contributed by atoms with E-state index in [9.17, 15) is 9.90 Å². The van der Waals surface area contributed by atoms with Crippen LogP contribution in [-0.2, 0) is 4.79 Å². The van der Waals surface area contributed by atoms with Gasteiger partial charge in [-0.15, -0.1) is 5.10 Å². The Kier molecular flexibility index (Phi) is 4.93. The molecule has 0 bridgehead atoms. The zero-order chi connectivity index (χ0) is 16.8. The second kappa shape index (κ2) is 7.47. The fourth-order valence-electron chi connectivity index (χ4n) is 2.52.